The summed E-state index contributed by atoms with van der Waals surface area (Å²) in [7, 11) is 1.74. The Morgan fingerprint density at radius 1 is 1.37 bits per heavy atom. The van der Waals surface area contributed by atoms with Gasteiger partial charge in [0.25, 0.3) is 5.91 Å². The Labute approximate surface area is 121 Å². The van der Waals surface area contributed by atoms with Gasteiger partial charge in [-0.3, -0.25) is 4.79 Å². The third-order valence-electron chi connectivity index (χ3n) is 3.14. The first-order chi connectivity index (χ1) is 8.47. The van der Waals surface area contributed by atoms with Crippen molar-refractivity contribution in [3.8, 4) is 5.75 Å². The molecular weight excluding hydrogens is 264 g/mol. The van der Waals surface area contributed by atoms with E-state index in [1.54, 1.807) is 11.9 Å². The Hall–Kier alpha value is -1.26. The second-order valence-electron chi connectivity index (χ2n) is 4.60. The van der Waals surface area contributed by atoms with Gasteiger partial charge < -0.3 is 15.4 Å². The maximum Gasteiger partial charge on any atom is 0.260 e. The van der Waals surface area contributed by atoms with Gasteiger partial charge in [-0.1, -0.05) is 18.2 Å². The van der Waals surface area contributed by atoms with Crippen molar-refractivity contribution >= 4 is 18.3 Å². The standard InChI is InChI=1S/C14H22N2O2.ClH/c1-10-6-5-7-11(2)14(10)18-9-13(17)16(4)12(3)8-15;/h5-7,12H,8-9,15H2,1-4H3;1H. The van der Waals surface area contributed by atoms with E-state index in [0.717, 1.165) is 16.9 Å². The first-order valence-electron chi connectivity index (χ1n) is 6.12. The first kappa shape index (κ1) is 17.7. The molecule has 0 aliphatic rings. The zero-order valence-electron chi connectivity index (χ0n) is 12.0. The molecule has 2 N–H and O–H groups in total. The predicted octanol–water partition coefficient (Wildman–Crippen LogP) is 1.91. The number of hydrogen-bond donors (Lipinski definition) is 1. The molecule has 0 bridgehead atoms. The van der Waals surface area contributed by atoms with Gasteiger partial charge in [-0.2, -0.15) is 0 Å². The molecule has 0 aromatic heterocycles. The Bertz CT molecular complexity index is 404. The van der Waals surface area contributed by atoms with E-state index in [-0.39, 0.29) is 31.0 Å². The molecule has 4 nitrogen and oxygen atoms in total. The smallest absolute Gasteiger partial charge is 0.260 e. The summed E-state index contributed by atoms with van der Waals surface area (Å²) in [5, 5.41) is 0. The van der Waals surface area contributed by atoms with Gasteiger partial charge in [0.15, 0.2) is 6.61 Å². The van der Waals surface area contributed by atoms with E-state index in [9.17, 15) is 4.79 Å². The van der Waals surface area contributed by atoms with Crippen LogP contribution in [0.15, 0.2) is 18.2 Å². The molecule has 0 heterocycles. The maximum atomic E-state index is 11.9. The van der Waals surface area contributed by atoms with Crippen LogP contribution in [0.3, 0.4) is 0 Å². The SMILES string of the molecule is Cc1cccc(C)c1OCC(=O)N(C)C(C)CN.Cl. The van der Waals surface area contributed by atoms with Crippen molar-refractivity contribution in [2.75, 3.05) is 20.2 Å². The third-order valence-corrected chi connectivity index (χ3v) is 3.14. The largest absolute Gasteiger partial charge is 0.483 e. The van der Waals surface area contributed by atoms with Gasteiger partial charge in [0.1, 0.15) is 5.75 Å². The van der Waals surface area contributed by atoms with Crippen molar-refractivity contribution in [1.82, 2.24) is 4.90 Å². The number of halogens is 1. The molecule has 0 aliphatic heterocycles. The third kappa shape index (κ3) is 4.73. The van der Waals surface area contributed by atoms with Gasteiger partial charge in [0, 0.05) is 19.6 Å². The predicted molar refractivity (Wildman–Crippen MR) is 79.9 cm³/mol. The quantitative estimate of drug-likeness (QED) is 0.900. The Morgan fingerprint density at radius 2 is 1.89 bits per heavy atom. The molecule has 0 radical (unpaired) electrons. The van der Waals surface area contributed by atoms with Gasteiger partial charge in [0.2, 0.25) is 0 Å². The summed E-state index contributed by atoms with van der Waals surface area (Å²) in [4.78, 5) is 13.5. The summed E-state index contributed by atoms with van der Waals surface area (Å²) < 4.78 is 5.61. The number of nitrogens with zero attached hydrogens (tertiary/aromatic N) is 1. The van der Waals surface area contributed by atoms with Gasteiger partial charge in [0.05, 0.1) is 0 Å². The highest BCUT2D eigenvalue weighted by Crippen LogP contribution is 2.22. The minimum absolute atomic E-state index is 0. The van der Waals surface area contributed by atoms with Crippen LogP contribution in [-0.4, -0.2) is 37.0 Å². The van der Waals surface area contributed by atoms with E-state index in [1.807, 2.05) is 39.0 Å². The van der Waals surface area contributed by atoms with Crippen molar-refractivity contribution in [3.05, 3.63) is 29.3 Å². The summed E-state index contributed by atoms with van der Waals surface area (Å²) in [6.45, 7) is 6.35. The maximum absolute atomic E-state index is 11.9. The van der Waals surface area contributed by atoms with E-state index in [1.165, 1.54) is 0 Å². The van der Waals surface area contributed by atoms with Crippen LogP contribution in [0.25, 0.3) is 0 Å². The fourth-order valence-corrected chi connectivity index (χ4v) is 1.67. The molecule has 1 aromatic rings. The number of aryl methyl sites for hydroxylation is 2. The van der Waals surface area contributed by atoms with Crippen LogP contribution in [0.4, 0.5) is 0 Å². The highest BCUT2D eigenvalue weighted by atomic mass is 35.5. The summed E-state index contributed by atoms with van der Waals surface area (Å²) >= 11 is 0. The number of likely N-dealkylation sites (N-methyl/N-ethyl adjacent to an activating group) is 1. The van der Waals surface area contributed by atoms with Crippen molar-refractivity contribution in [3.63, 3.8) is 0 Å². The molecule has 0 aliphatic carbocycles. The van der Waals surface area contributed by atoms with Crippen LogP contribution in [0, 0.1) is 13.8 Å². The fourth-order valence-electron chi connectivity index (χ4n) is 1.67. The number of nitrogens with two attached hydrogens (primary N) is 1. The molecule has 0 saturated heterocycles. The highest BCUT2D eigenvalue weighted by Gasteiger charge is 2.15. The lowest BCUT2D eigenvalue weighted by Crippen LogP contribution is -2.42. The van der Waals surface area contributed by atoms with E-state index >= 15 is 0 Å². The zero-order valence-corrected chi connectivity index (χ0v) is 12.8. The normalized spacial score (nSPS) is 11.4. The first-order valence-corrected chi connectivity index (χ1v) is 6.12. The van der Waals surface area contributed by atoms with Gasteiger partial charge in [-0.15, -0.1) is 12.4 Å². The molecule has 1 amide bonds. The number of carbonyl (C=O) groups excluding carboxylic acids is 1. The summed E-state index contributed by atoms with van der Waals surface area (Å²) in [6.07, 6.45) is 0. The molecule has 0 spiro atoms. The number of amides is 1. The summed E-state index contributed by atoms with van der Waals surface area (Å²) in [5.41, 5.74) is 7.61. The Kier molecular flexibility index (Phi) is 7.49. The molecule has 1 rings (SSSR count). The molecule has 108 valence electrons. The lowest BCUT2D eigenvalue weighted by atomic mass is 10.1. The van der Waals surface area contributed by atoms with Crippen LogP contribution >= 0.6 is 12.4 Å². The van der Waals surface area contributed by atoms with Crippen LogP contribution in [-0.2, 0) is 4.79 Å². The second-order valence-corrected chi connectivity index (χ2v) is 4.60. The lowest BCUT2D eigenvalue weighted by molar-refractivity contribution is -0.133. The van der Waals surface area contributed by atoms with Crippen molar-refractivity contribution in [2.24, 2.45) is 5.73 Å². The number of benzene rings is 1. The van der Waals surface area contributed by atoms with Crippen LogP contribution < -0.4 is 10.5 Å². The van der Waals surface area contributed by atoms with E-state index in [2.05, 4.69) is 0 Å². The van der Waals surface area contributed by atoms with E-state index in [4.69, 9.17) is 10.5 Å². The molecule has 1 unspecified atom stereocenters. The number of ether oxygens (including phenoxy) is 1. The molecule has 0 saturated carbocycles. The summed E-state index contributed by atoms with van der Waals surface area (Å²) in [6, 6.07) is 5.94. The van der Waals surface area contributed by atoms with E-state index < -0.39 is 0 Å². The van der Waals surface area contributed by atoms with Crippen molar-refractivity contribution in [1.29, 1.82) is 0 Å². The number of carbonyl (C=O) groups is 1. The van der Waals surface area contributed by atoms with Gasteiger partial charge in [-0.25, -0.2) is 0 Å². The molecule has 5 heteroatoms. The van der Waals surface area contributed by atoms with Crippen LogP contribution in [0.5, 0.6) is 5.75 Å². The van der Waals surface area contributed by atoms with Crippen molar-refractivity contribution < 1.29 is 9.53 Å². The number of para-hydroxylation sites is 1. The Balaban J connectivity index is 0.00000324. The lowest BCUT2D eigenvalue weighted by Gasteiger charge is -2.24. The number of hydrogen-bond acceptors (Lipinski definition) is 3. The topological polar surface area (TPSA) is 55.6 Å². The van der Waals surface area contributed by atoms with Crippen LogP contribution in [0.1, 0.15) is 18.1 Å². The zero-order chi connectivity index (χ0) is 13.7. The molecule has 1 atom stereocenters. The van der Waals surface area contributed by atoms with Gasteiger partial charge >= 0.3 is 0 Å². The van der Waals surface area contributed by atoms with Crippen molar-refractivity contribution in [2.45, 2.75) is 26.8 Å². The molecule has 19 heavy (non-hydrogen) atoms. The van der Waals surface area contributed by atoms with E-state index in [0.29, 0.717) is 6.54 Å². The van der Waals surface area contributed by atoms with Gasteiger partial charge in [-0.05, 0) is 31.9 Å². The Morgan fingerprint density at radius 3 is 2.37 bits per heavy atom. The minimum atomic E-state index is -0.0596. The average molecular weight is 287 g/mol. The average Bonchev–Trinajstić information content (AvgIpc) is 2.36. The second kappa shape index (κ2) is 8.02. The van der Waals surface area contributed by atoms with Crippen LogP contribution in [0.2, 0.25) is 0 Å². The monoisotopic (exact) mass is 286 g/mol. The highest BCUT2D eigenvalue weighted by molar-refractivity contribution is 5.85. The fraction of sp³-hybridized carbons (Fsp3) is 0.500. The molecule has 1 aromatic carbocycles. The summed E-state index contributed by atoms with van der Waals surface area (Å²) in [5.74, 6) is 0.732. The molecular formula is C14H23ClN2O2. The molecule has 0 fully saturated rings. The minimum Gasteiger partial charge on any atom is -0.483 e. The number of rotatable bonds is 5.